The molecule has 0 radical (unpaired) electrons. The Labute approximate surface area is 112 Å². The van der Waals surface area contributed by atoms with E-state index < -0.39 is 0 Å². The predicted molar refractivity (Wildman–Crippen MR) is 74.6 cm³/mol. The monoisotopic (exact) mass is 271 g/mol. The van der Waals surface area contributed by atoms with Crippen molar-refractivity contribution in [2.75, 3.05) is 20.3 Å². The fourth-order valence-corrected chi connectivity index (χ4v) is 2.13. The molecule has 0 aliphatic heterocycles. The molecule has 0 spiro atoms. The van der Waals surface area contributed by atoms with Gasteiger partial charge in [-0.25, -0.2) is 10.8 Å². The number of methoxy groups -OCH3 is 1. The van der Waals surface area contributed by atoms with Gasteiger partial charge in [-0.2, -0.15) is 0 Å². The molecule has 7 heteroatoms. The number of aliphatic imine (C=N–C) groups is 1. The number of hydrogen-bond donors (Lipinski definition) is 3. The Kier molecular flexibility index (Phi) is 6.63. The number of hydrazine groups is 1. The van der Waals surface area contributed by atoms with Gasteiger partial charge in [-0.3, -0.25) is 10.4 Å². The molecule has 1 rings (SSSR count). The second kappa shape index (κ2) is 8.02. The van der Waals surface area contributed by atoms with E-state index >= 15 is 0 Å². The molecule has 4 N–H and O–H groups in total. The maximum Gasteiger partial charge on any atom is 0.206 e. The van der Waals surface area contributed by atoms with Crippen LogP contribution >= 0.6 is 11.3 Å². The van der Waals surface area contributed by atoms with Crippen molar-refractivity contribution in [3.05, 3.63) is 16.6 Å². The number of nitrogens with two attached hydrogens (primary N) is 1. The fraction of sp³-hybridized carbons (Fsp3) is 0.636. The second-order valence-corrected chi connectivity index (χ2v) is 5.03. The first-order valence-electron chi connectivity index (χ1n) is 5.83. The predicted octanol–water partition coefficient (Wildman–Crippen LogP) is 0.690. The van der Waals surface area contributed by atoms with E-state index in [1.54, 1.807) is 24.6 Å². The van der Waals surface area contributed by atoms with E-state index in [9.17, 15) is 0 Å². The third-order valence-corrected chi connectivity index (χ3v) is 3.34. The molecule has 2 unspecified atom stereocenters. The summed E-state index contributed by atoms with van der Waals surface area (Å²) in [6.45, 7) is 5.33. The maximum absolute atomic E-state index is 5.43. The van der Waals surface area contributed by atoms with Gasteiger partial charge in [0.05, 0.1) is 18.2 Å². The summed E-state index contributed by atoms with van der Waals surface area (Å²) in [5.41, 5.74) is 2.56. The number of guanidine groups is 1. The van der Waals surface area contributed by atoms with E-state index in [2.05, 4.69) is 27.6 Å². The summed E-state index contributed by atoms with van der Waals surface area (Å²) in [5, 5.41) is 6.19. The van der Waals surface area contributed by atoms with E-state index in [-0.39, 0.29) is 12.0 Å². The molecule has 0 saturated carbocycles. The molecule has 2 atom stereocenters. The van der Waals surface area contributed by atoms with Crippen LogP contribution in [0.2, 0.25) is 0 Å². The number of rotatable bonds is 6. The van der Waals surface area contributed by atoms with Crippen LogP contribution in [0.3, 0.4) is 0 Å². The number of hydrogen-bond acceptors (Lipinski definition) is 5. The zero-order chi connectivity index (χ0) is 13.4. The first-order chi connectivity index (χ1) is 8.67. The van der Waals surface area contributed by atoms with E-state index in [0.29, 0.717) is 19.1 Å². The van der Waals surface area contributed by atoms with Crippen molar-refractivity contribution in [2.24, 2.45) is 10.8 Å². The average molecular weight is 271 g/mol. The Bertz CT molecular complexity index is 354. The molecular formula is C11H21N5OS. The summed E-state index contributed by atoms with van der Waals surface area (Å²) in [6.07, 6.45) is 1.81. The van der Waals surface area contributed by atoms with E-state index in [1.165, 1.54) is 0 Å². The summed E-state index contributed by atoms with van der Waals surface area (Å²) >= 11 is 1.64. The summed E-state index contributed by atoms with van der Waals surface area (Å²) in [7, 11) is 1.66. The number of thiazole rings is 1. The lowest BCUT2D eigenvalue weighted by Gasteiger charge is -2.16. The van der Waals surface area contributed by atoms with Crippen LogP contribution in [-0.4, -0.2) is 37.2 Å². The minimum absolute atomic E-state index is 0.153. The molecule has 1 aromatic heterocycles. The molecule has 0 amide bonds. The van der Waals surface area contributed by atoms with Crippen LogP contribution < -0.4 is 16.6 Å². The number of nitrogens with zero attached hydrogens (tertiary/aromatic N) is 2. The highest BCUT2D eigenvalue weighted by molar-refractivity contribution is 7.09. The van der Waals surface area contributed by atoms with Gasteiger partial charge in [0.2, 0.25) is 5.96 Å². The zero-order valence-corrected chi connectivity index (χ0v) is 11.8. The van der Waals surface area contributed by atoms with Crippen molar-refractivity contribution in [2.45, 2.75) is 25.8 Å². The highest BCUT2D eigenvalue weighted by Crippen LogP contribution is 2.17. The smallest absolute Gasteiger partial charge is 0.206 e. The largest absolute Gasteiger partial charge is 0.383 e. The van der Waals surface area contributed by atoms with Crippen LogP contribution in [-0.2, 0) is 4.74 Å². The Balaban J connectivity index is 2.47. The lowest BCUT2D eigenvalue weighted by molar-refractivity contribution is 0.179. The maximum atomic E-state index is 5.43. The average Bonchev–Trinajstić information content (AvgIpc) is 2.88. The first kappa shape index (κ1) is 14.9. The van der Waals surface area contributed by atoms with Gasteiger partial charge in [-0.15, -0.1) is 11.3 Å². The van der Waals surface area contributed by atoms with Crippen LogP contribution in [0.25, 0.3) is 0 Å². The molecule has 1 aromatic rings. The third-order valence-electron chi connectivity index (χ3n) is 2.33. The molecule has 0 aliphatic rings. The third kappa shape index (κ3) is 4.99. The fourth-order valence-electron chi connectivity index (χ4n) is 1.44. The lowest BCUT2D eigenvalue weighted by atomic mass is 10.2. The Morgan fingerprint density at radius 2 is 2.39 bits per heavy atom. The number of nitrogens with one attached hydrogen (secondary N) is 2. The molecule has 0 bridgehead atoms. The SMILES string of the molecule is COCC(C)NC(=NCC(C)c1nccs1)NN. The van der Waals surface area contributed by atoms with Gasteiger partial charge >= 0.3 is 0 Å². The zero-order valence-electron chi connectivity index (χ0n) is 11.0. The molecule has 1 heterocycles. The van der Waals surface area contributed by atoms with Crippen molar-refractivity contribution in [1.29, 1.82) is 0 Å². The van der Waals surface area contributed by atoms with Crippen LogP contribution in [0.5, 0.6) is 0 Å². The van der Waals surface area contributed by atoms with Crippen molar-refractivity contribution in [3.8, 4) is 0 Å². The Hall–Kier alpha value is -1.18. The van der Waals surface area contributed by atoms with Gasteiger partial charge in [0, 0.05) is 30.6 Å². The number of aromatic nitrogens is 1. The molecule has 0 aromatic carbocycles. The van der Waals surface area contributed by atoms with Crippen LogP contribution in [0, 0.1) is 0 Å². The topological polar surface area (TPSA) is 84.6 Å². The summed E-state index contributed by atoms with van der Waals surface area (Å²) < 4.78 is 5.04. The van der Waals surface area contributed by atoms with Crippen molar-refractivity contribution >= 4 is 17.3 Å². The molecule has 102 valence electrons. The molecule has 0 fully saturated rings. The van der Waals surface area contributed by atoms with Crippen LogP contribution in [0.1, 0.15) is 24.8 Å². The second-order valence-electron chi connectivity index (χ2n) is 4.11. The molecule has 6 nitrogen and oxygen atoms in total. The highest BCUT2D eigenvalue weighted by atomic mass is 32.1. The quantitative estimate of drug-likeness (QED) is 0.307. The first-order valence-corrected chi connectivity index (χ1v) is 6.71. The van der Waals surface area contributed by atoms with Gasteiger partial charge in [-0.05, 0) is 6.92 Å². The van der Waals surface area contributed by atoms with E-state index in [0.717, 1.165) is 5.01 Å². The lowest BCUT2D eigenvalue weighted by Crippen LogP contribution is -2.47. The van der Waals surface area contributed by atoms with Gasteiger partial charge in [0.15, 0.2) is 0 Å². The van der Waals surface area contributed by atoms with Gasteiger partial charge in [-0.1, -0.05) is 6.92 Å². The molecular weight excluding hydrogens is 250 g/mol. The van der Waals surface area contributed by atoms with Gasteiger partial charge < -0.3 is 10.1 Å². The van der Waals surface area contributed by atoms with Crippen molar-refractivity contribution < 1.29 is 4.74 Å². The van der Waals surface area contributed by atoms with Crippen LogP contribution in [0.15, 0.2) is 16.6 Å². The molecule has 0 aliphatic carbocycles. The normalized spacial score (nSPS) is 15.2. The van der Waals surface area contributed by atoms with E-state index in [1.807, 2.05) is 12.3 Å². The van der Waals surface area contributed by atoms with Crippen molar-refractivity contribution in [1.82, 2.24) is 15.7 Å². The standard InChI is InChI=1S/C11H21N5OS/c1-8(10-13-4-5-18-10)6-14-11(16-12)15-9(2)7-17-3/h4-5,8-9H,6-7,12H2,1-3H3,(H2,14,15,16). The molecule has 18 heavy (non-hydrogen) atoms. The summed E-state index contributed by atoms with van der Waals surface area (Å²) in [5.74, 6) is 6.28. The van der Waals surface area contributed by atoms with Crippen molar-refractivity contribution in [3.63, 3.8) is 0 Å². The highest BCUT2D eigenvalue weighted by Gasteiger charge is 2.09. The molecule has 0 saturated heterocycles. The van der Waals surface area contributed by atoms with Gasteiger partial charge in [0.25, 0.3) is 0 Å². The van der Waals surface area contributed by atoms with Crippen LogP contribution in [0.4, 0.5) is 0 Å². The van der Waals surface area contributed by atoms with E-state index in [4.69, 9.17) is 10.6 Å². The summed E-state index contributed by atoms with van der Waals surface area (Å²) in [4.78, 5) is 8.67. The minimum Gasteiger partial charge on any atom is -0.383 e. The summed E-state index contributed by atoms with van der Waals surface area (Å²) in [6, 6.07) is 0.153. The Morgan fingerprint density at radius 1 is 1.61 bits per heavy atom. The van der Waals surface area contributed by atoms with Gasteiger partial charge in [0.1, 0.15) is 0 Å². The minimum atomic E-state index is 0.153. The number of ether oxygens (including phenoxy) is 1. The Morgan fingerprint density at radius 3 is 2.94 bits per heavy atom.